The second-order valence-electron chi connectivity index (χ2n) is 6.77. The van der Waals surface area contributed by atoms with E-state index in [0.29, 0.717) is 23.0 Å². The van der Waals surface area contributed by atoms with E-state index in [4.69, 9.17) is 9.47 Å². The Balaban J connectivity index is 1.93. The highest BCUT2D eigenvalue weighted by Crippen LogP contribution is 2.29. The van der Waals surface area contributed by atoms with Crippen LogP contribution in [0.15, 0.2) is 29.3 Å². The van der Waals surface area contributed by atoms with E-state index in [1.807, 2.05) is 18.5 Å². The van der Waals surface area contributed by atoms with Crippen LogP contribution >= 0.6 is 0 Å². The van der Waals surface area contributed by atoms with Gasteiger partial charge in [-0.2, -0.15) is 5.10 Å². The lowest BCUT2D eigenvalue weighted by Gasteiger charge is -2.16. The Morgan fingerprint density at radius 2 is 2.00 bits per heavy atom. The number of methoxy groups -OCH3 is 2. The molecular formula is C21H33N5O3. The maximum absolute atomic E-state index is 10.6. The molecule has 1 aromatic heterocycles. The first-order chi connectivity index (χ1) is 14.0. The number of aromatic nitrogens is 2. The lowest BCUT2D eigenvalue weighted by atomic mass is 10.1. The zero-order valence-corrected chi connectivity index (χ0v) is 18.0. The Morgan fingerprint density at radius 1 is 1.21 bits per heavy atom. The summed E-state index contributed by atoms with van der Waals surface area (Å²) in [6.07, 6.45) is 0.115. The number of benzene rings is 1. The molecule has 0 aliphatic carbocycles. The summed E-state index contributed by atoms with van der Waals surface area (Å²) in [5.74, 6) is 1.94. The topological polar surface area (TPSA) is 92.9 Å². The molecule has 2 aromatic rings. The molecule has 8 nitrogen and oxygen atoms in total. The van der Waals surface area contributed by atoms with Gasteiger partial charge in [-0.25, -0.2) is 0 Å². The fourth-order valence-electron chi connectivity index (χ4n) is 3.05. The van der Waals surface area contributed by atoms with Crippen LogP contribution in [0.2, 0.25) is 0 Å². The Bertz CT molecular complexity index is 804. The predicted molar refractivity (Wildman–Crippen MR) is 115 cm³/mol. The van der Waals surface area contributed by atoms with E-state index < -0.39 is 6.10 Å². The lowest BCUT2D eigenvalue weighted by Crippen LogP contribution is -2.38. The van der Waals surface area contributed by atoms with Crippen molar-refractivity contribution < 1.29 is 14.6 Å². The molecule has 8 heteroatoms. The lowest BCUT2D eigenvalue weighted by molar-refractivity contribution is 0.182. The summed E-state index contributed by atoms with van der Waals surface area (Å²) in [7, 11) is 3.17. The van der Waals surface area contributed by atoms with Crippen LogP contribution in [0.1, 0.15) is 36.4 Å². The Kier molecular flexibility index (Phi) is 8.79. The average Bonchev–Trinajstić information content (AvgIpc) is 3.05. The number of rotatable bonds is 10. The van der Waals surface area contributed by atoms with Gasteiger partial charge in [0, 0.05) is 30.9 Å². The van der Waals surface area contributed by atoms with Gasteiger partial charge < -0.3 is 25.2 Å². The molecule has 160 valence electrons. The molecule has 0 fully saturated rings. The summed E-state index contributed by atoms with van der Waals surface area (Å²) in [5.41, 5.74) is 2.85. The minimum absolute atomic E-state index is 0.205. The summed E-state index contributed by atoms with van der Waals surface area (Å²) in [4.78, 5) is 4.51. The van der Waals surface area contributed by atoms with Gasteiger partial charge in [0.1, 0.15) is 17.6 Å². The first-order valence-electron chi connectivity index (χ1n) is 9.91. The highest BCUT2D eigenvalue weighted by atomic mass is 16.5. The van der Waals surface area contributed by atoms with Crippen molar-refractivity contribution in [2.24, 2.45) is 4.99 Å². The van der Waals surface area contributed by atoms with E-state index in [1.165, 1.54) is 5.69 Å². The summed E-state index contributed by atoms with van der Waals surface area (Å²) in [6, 6.07) is 7.43. The number of hydrogen-bond donors (Lipinski definition) is 3. The standard InChI is InChI=1S/C21H33N5O3/c1-6-22-21(23-10-7-11-26-16(3)12-15(2)25-26)24-14-19(27)18-13-17(28-4)8-9-20(18)29-5/h8-9,12-13,19,27H,6-7,10-11,14H2,1-5H3,(H2,22,23,24). The van der Waals surface area contributed by atoms with E-state index in [9.17, 15) is 5.11 Å². The monoisotopic (exact) mass is 403 g/mol. The molecule has 1 heterocycles. The van der Waals surface area contributed by atoms with Crippen molar-refractivity contribution in [1.29, 1.82) is 0 Å². The third kappa shape index (κ3) is 6.67. The number of nitrogens with zero attached hydrogens (tertiary/aromatic N) is 3. The van der Waals surface area contributed by atoms with Crippen molar-refractivity contribution in [1.82, 2.24) is 20.4 Å². The molecule has 0 radical (unpaired) electrons. The summed E-state index contributed by atoms with van der Waals surface area (Å²) in [5, 5.41) is 21.6. The number of ether oxygens (including phenoxy) is 2. The quantitative estimate of drug-likeness (QED) is 0.320. The number of guanidine groups is 1. The normalized spacial score (nSPS) is 12.6. The van der Waals surface area contributed by atoms with Crippen molar-refractivity contribution >= 4 is 5.96 Å². The zero-order chi connectivity index (χ0) is 21.2. The fraction of sp³-hybridized carbons (Fsp3) is 0.524. The first-order valence-corrected chi connectivity index (χ1v) is 9.91. The zero-order valence-electron chi connectivity index (χ0n) is 18.0. The van der Waals surface area contributed by atoms with Crippen LogP contribution in [-0.4, -0.2) is 54.7 Å². The Hall–Kier alpha value is -2.74. The predicted octanol–water partition coefficient (Wildman–Crippen LogP) is 2.20. The smallest absolute Gasteiger partial charge is 0.191 e. The molecule has 0 spiro atoms. The van der Waals surface area contributed by atoms with Crippen molar-refractivity contribution in [2.45, 2.75) is 39.8 Å². The molecule has 0 aliphatic heterocycles. The van der Waals surface area contributed by atoms with E-state index in [2.05, 4.69) is 33.7 Å². The first kappa shape index (κ1) is 22.5. The van der Waals surface area contributed by atoms with Gasteiger partial charge in [-0.05, 0) is 51.5 Å². The molecule has 3 N–H and O–H groups in total. The molecular weight excluding hydrogens is 370 g/mol. The molecule has 29 heavy (non-hydrogen) atoms. The number of hydrogen-bond acceptors (Lipinski definition) is 5. The van der Waals surface area contributed by atoms with Gasteiger partial charge in [-0.3, -0.25) is 9.67 Å². The minimum atomic E-state index is -0.801. The number of aryl methyl sites for hydroxylation is 3. The second-order valence-corrected chi connectivity index (χ2v) is 6.77. The van der Waals surface area contributed by atoms with Gasteiger partial charge in [-0.15, -0.1) is 0 Å². The van der Waals surface area contributed by atoms with Crippen molar-refractivity contribution in [3.63, 3.8) is 0 Å². The highest BCUT2D eigenvalue weighted by molar-refractivity contribution is 5.79. The van der Waals surface area contributed by atoms with Crippen LogP contribution in [0.25, 0.3) is 0 Å². The van der Waals surface area contributed by atoms with Gasteiger partial charge in [0.05, 0.1) is 26.5 Å². The van der Waals surface area contributed by atoms with Crippen LogP contribution < -0.4 is 20.1 Å². The van der Waals surface area contributed by atoms with Crippen LogP contribution in [0.3, 0.4) is 0 Å². The van der Waals surface area contributed by atoms with Gasteiger partial charge in [0.15, 0.2) is 5.96 Å². The maximum Gasteiger partial charge on any atom is 0.191 e. The van der Waals surface area contributed by atoms with Gasteiger partial charge in [0.25, 0.3) is 0 Å². The maximum atomic E-state index is 10.6. The minimum Gasteiger partial charge on any atom is -0.497 e. The molecule has 0 bridgehead atoms. The largest absolute Gasteiger partial charge is 0.497 e. The van der Waals surface area contributed by atoms with E-state index in [-0.39, 0.29) is 6.54 Å². The summed E-state index contributed by atoms with van der Waals surface area (Å²) in [6.45, 7) is 8.61. The highest BCUT2D eigenvalue weighted by Gasteiger charge is 2.14. The van der Waals surface area contributed by atoms with E-state index in [0.717, 1.165) is 31.7 Å². The van der Waals surface area contributed by atoms with Gasteiger partial charge in [-0.1, -0.05) is 0 Å². The molecule has 1 unspecified atom stereocenters. The number of aliphatic hydroxyl groups is 1. The third-order valence-electron chi connectivity index (χ3n) is 4.50. The SMILES string of the molecule is CCNC(=NCC(O)c1cc(OC)ccc1OC)NCCCn1nc(C)cc1C. The molecule has 0 aliphatic rings. The van der Waals surface area contributed by atoms with Crippen LogP contribution in [0.5, 0.6) is 11.5 Å². The van der Waals surface area contributed by atoms with Crippen LogP contribution in [0, 0.1) is 13.8 Å². The van der Waals surface area contributed by atoms with Gasteiger partial charge >= 0.3 is 0 Å². The van der Waals surface area contributed by atoms with E-state index >= 15 is 0 Å². The molecule has 0 saturated carbocycles. The molecule has 1 aromatic carbocycles. The number of nitrogens with one attached hydrogen (secondary N) is 2. The Labute approximate surface area is 172 Å². The molecule has 1 atom stereocenters. The van der Waals surface area contributed by atoms with Crippen molar-refractivity contribution in [3.8, 4) is 11.5 Å². The second kappa shape index (κ2) is 11.3. The summed E-state index contributed by atoms with van der Waals surface area (Å²) < 4.78 is 12.6. The molecule has 0 amide bonds. The molecule has 2 rings (SSSR count). The van der Waals surface area contributed by atoms with Crippen LogP contribution in [0.4, 0.5) is 0 Å². The van der Waals surface area contributed by atoms with Gasteiger partial charge in [0.2, 0.25) is 0 Å². The Morgan fingerprint density at radius 3 is 2.62 bits per heavy atom. The van der Waals surface area contributed by atoms with Crippen molar-refractivity contribution in [3.05, 3.63) is 41.2 Å². The number of aliphatic imine (C=N–C) groups is 1. The third-order valence-corrected chi connectivity index (χ3v) is 4.50. The fourth-order valence-corrected chi connectivity index (χ4v) is 3.05. The van der Waals surface area contributed by atoms with Crippen molar-refractivity contribution in [2.75, 3.05) is 33.9 Å². The molecule has 0 saturated heterocycles. The van der Waals surface area contributed by atoms with E-state index in [1.54, 1.807) is 32.4 Å². The average molecular weight is 404 g/mol. The summed E-state index contributed by atoms with van der Waals surface area (Å²) >= 11 is 0. The van der Waals surface area contributed by atoms with Crippen LogP contribution in [-0.2, 0) is 6.54 Å². The number of aliphatic hydroxyl groups excluding tert-OH is 1.